The second-order valence-corrected chi connectivity index (χ2v) is 4.48. The number of ether oxygens (including phenoxy) is 1. The highest BCUT2D eigenvalue weighted by molar-refractivity contribution is 5.26. The third-order valence-corrected chi connectivity index (χ3v) is 2.82. The highest BCUT2D eigenvalue weighted by atomic mass is 19.4. The fourth-order valence-corrected chi connectivity index (χ4v) is 1.95. The Kier molecular flexibility index (Phi) is 5.41. The number of hydrogen-bond acceptors (Lipinski definition) is 3. The first kappa shape index (κ1) is 15.6. The Balaban J connectivity index is 1.89. The SMILES string of the molecule is FC(F)(F)COCCNC(c1ccccc1)c1ccco1. The zero-order valence-electron chi connectivity index (χ0n) is 11.3. The van der Waals surface area contributed by atoms with Crippen LogP contribution >= 0.6 is 0 Å². The molecule has 3 nitrogen and oxygen atoms in total. The first-order chi connectivity index (χ1) is 10.1. The largest absolute Gasteiger partial charge is 0.467 e. The van der Waals surface area contributed by atoms with E-state index in [0.29, 0.717) is 5.76 Å². The van der Waals surface area contributed by atoms with Crippen molar-refractivity contribution in [3.63, 3.8) is 0 Å². The molecule has 1 atom stereocenters. The average Bonchev–Trinajstić information content (AvgIpc) is 2.96. The fraction of sp³-hybridized carbons (Fsp3) is 0.333. The lowest BCUT2D eigenvalue weighted by atomic mass is 10.0. The van der Waals surface area contributed by atoms with Gasteiger partial charge in [-0.15, -0.1) is 0 Å². The second kappa shape index (κ2) is 7.28. The quantitative estimate of drug-likeness (QED) is 0.794. The zero-order chi connectivity index (χ0) is 15.1. The van der Waals surface area contributed by atoms with Crippen molar-refractivity contribution >= 4 is 0 Å². The molecule has 6 heteroatoms. The van der Waals surface area contributed by atoms with Gasteiger partial charge >= 0.3 is 6.18 Å². The Bertz CT molecular complexity index is 511. The van der Waals surface area contributed by atoms with Crippen molar-refractivity contribution in [2.75, 3.05) is 19.8 Å². The first-order valence-electron chi connectivity index (χ1n) is 6.52. The molecule has 1 heterocycles. The molecular formula is C15H16F3NO2. The number of furan rings is 1. The Labute approximate surface area is 120 Å². The normalized spacial score (nSPS) is 13.3. The van der Waals surface area contributed by atoms with Crippen LogP contribution in [0.3, 0.4) is 0 Å². The number of hydrogen-bond donors (Lipinski definition) is 1. The molecule has 0 saturated carbocycles. The van der Waals surface area contributed by atoms with E-state index in [9.17, 15) is 13.2 Å². The van der Waals surface area contributed by atoms with Crippen LogP contribution < -0.4 is 5.32 Å². The Morgan fingerprint density at radius 3 is 2.48 bits per heavy atom. The van der Waals surface area contributed by atoms with Crippen molar-refractivity contribution in [3.8, 4) is 0 Å². The van der Waals surface area contributed by atoms with Crippen molar-refractivity contribution in [1.82, 2.24) is 5.32 Å². The van der Waals surface area contributed by atoms with E-state index >= 15 is 0 Å². The molecule has 1 aromatic carbocycles. The van der Waals surface area contributed by atoms with E-state index in [4.69, 9.17) is 4.42 Å². The molecule has 1 unspecified atom stereocenters. The van der Waals surface area contributed by atoms with Crippen LogP contribution in [0.2, 0.25) is 0 Å². The molecule has 21 heavy (non-hydrogen) atoms. The molecule has 0 aliphatic rings. The van der Waals surface area contributed by atoms with Gasteiger partial charge in [-0.05, 0) is 17.7 Å². The lowest BCUT2D eigenvalue weighted by Gasteiger charge is -2.17. The van der Waals surface area contributed by atoms with E-state index in [1.807, 2.05) is 36.4 Å². The maximum absolute atomic E-state index is 12.0. The molecule has 114 valence electrons. The van der Waals surface area contributed by atoms with Gasteiger partial charge in [-0.25, -0.2) is 0 Å². The van der Waals surface area contributed by atoms with E-state index in [1.165, 1.54) is 0 Å². The summed E-state index contributed by atoms with van der Waals surface area (Å²) in [6, 6.07) is 12.9. The van der Waals surface area contributed by atoms with Gasteiger partial charge < -0.3 is 14.5 Å². The summed E-state index contributed by atoms with van der Waals surface area (Å²) in [4.78, 5) is 0. The molecule has 0 amide bonds. The van der Waals surface area contributed by atoms with Crippen LogP contribution in [0, 0.1) is 0 Å². The summed E-state index contributed by atoms with van der Waals surface area (Å²) >= 11 is 0. The Morgan fingerprint density at radius 1 is 1.10 bits per heavy atom. The lowest BCUT2D eigenvalue weighted by Crippen LogP contribution is -2.27. The predicted octanol–water partition coefficient (Wildman–Crippen LogP) is 3.54. The molecule has 0 fully saturated rings. The standard InChI is InChI=1S/C15H16F3NO2/c16-15(17,18)11-20-10-8-19-14(13-7-4-9-21-13)12-5-2-1-3-6-12/h1-7,9,14,19H,8,10-11H2. The van der Waals surface area contributed by atoms with Crippen LogP contribution in [0.25, 0.3) is 0 Å². The fourth-order valence-electron chi connectivity index (χ4n) is 1.95. The number of halogens is 3. The van der Waals surface area contributed by atoms with Crippen molar-refractivity contribution in [1.29, 1.82) is 0 Å². The van der Waals surface area contributed by atoms with E-state index in [0.717, 1.165) is 5.56 Å². The van der Waals surface area contributed by atoms with E-state index < -0.39 is 12.8 Å². The third kappa shape index (κ3) is 5.24. The molecule has 0 bridgehead atoms. The van der Waals surface area contributed by atoms with Gasteiger partial charge in [0.25, 0.3) is 0 Å². The van der Waals surface area contributed by atoms with Crippen LogP contribution in [0.5, 0.6) is 0 Å². The van der Waals surface area contributed by atoms with Gasteiger partial charge in [0, 0.05) is 6.54 Å². The third-order valence-electron chi connectivity index (χ3n) is 2.82. The summed E-state index contributed by atoms with van der Waals surface area (Å²) in [6.45, 7) is -0.967. The smallest absolute Gasteiger partial charge is 0.411 e. The molecule has 0 spiro atoms. The molecule has 1 aromatic heterocycles. The summed E-state index contributed by atoms with van der Waals surface area (Å²) in [6.07, 6.45) is -2.73. The predicted molar refractivity (Wildman–Crippen MR) is 71.9 cm³/mol. The molecular weight excluding hydrogens is 283 g/mol. The number of benzene rings is 1. The van der Waals surface area contributed by atoms with E-state index in [-0.39, 0.29) is 19.2 Å². The van der Waals surface area contributed by atoms with E-state index in [1.54, 1.807) is 12.3 Å². The van der Waals surface area contributed by atoms with Gasteiger partial charge in [0.15, 0.2) is 0 Å². The molecule has 0 aliphatic heterocycles. The molecule has 0 saturated heterocycles. The van der Waals surface area contributed by atoms with Gasteiger partial charge in [-0.3, -0.25) is 0 Å². The van der Waals surface area contributed by atoms with Crippen LogP contribution in [0.4, 0.5) is 13.2 Å². The Morgan fingerprint density at radius 2 is 1.86 bits per heavy atom. The van der Waals surface area contributed by atoms with Crippen LogP contribution in [-0.2, 0) is 4.74 Å². The minimum Gasteiger partial charge on any atom is -0.467 e. The highest BCUT2D eigenvalue weighted by Crippen LogP contribution is 2.22. The summed E-state index contributed by atoms with van der Waals surface area (Å²) in [5.41, 5.74) is 0.975. The highest BCUT2D eigenvalue weighted by Gasteiger charge is 2.27. The van der Waals surface area contributed by atoms with Crippen LogP contribution in [-0.4, -0.2) is 25.9 Å². The molecule has 1 N–H and O–H groups in total. The Hall–Kier alpha value is -1.79. The maximum Gasteiger partial charge on any atom is 0.411 e. The zero-order valence-corrected chi connectivity index (χ0v) is 11.3. The summed E-state index contributed by atoms with van der Waals surface area (Å²) in [7, 11) is 0. The number of alkyl halides is 3. The van der Waals surface area contributed by atoms with Gasteiger partial charge in [0.05, 0.1) is 18.9 Å². The number of rotatable bonds is 7. The maximum atomic E-state index is 12.0. The van der Waals surface area contributed by atoms with Crippen molar-refractivity contribution < 1.29 is 22.3 Å². The van der Waals surface area contributed by atoms with Gasteiger partial charge in [0.2, 0.25) is 0 Å². The summed E-state index contributed by atoms with van der Waals surface area (Å²) < 4.78 is 45.9. The average molecular weight is 299 g/mol. The number of nitrogens with one attached hydrogen (secondary N) is 1. The second-order valence-electron chi connectivity index (χ2n) is 4.48. The monoisotopic (exact) mass is 299 g/mol. The van der Waals surface area contributed by atoms with E-state index in [2.05, 4.69) is 10.1 Å². The molecule has 2 rings (SSSR count). The van der Waals surface area contributed by atoms with Gasteiger partial charge in [-0.1, -0.05) is 30.3 Å². The van der Waals surface area contributed by atoms with Crippen LogP contribution in [0.15, 0.2) is 53.1 Å². The summed E-state index contributed by atoms with van der Waals surface area (Å²) in [5, 5.41) is 3.14. The molecule has 2 aromatic rings. The van der Waals surface area contributed by atoms with Crippen molar-refractivity contribution in [2.45, 2.75) is 12.2 Å². The lowest BCUT2D eigenvalue weighted by molar-refractivity contribution is -0.173. The minimum atomic E-state index is -4.29. The first-order valence-corrected chi connectivity index (χ1v) is 6.52. The molecule has 0 radical (unpaired) electrons. The minimum absolute atomic E-state index is 0.0243. The van der Waals surface area contributed by atoms with Crippen molar-refractivity contribution in [2.24, 2.45) is 0 Å². The topological polar surface area (TPSA) is 34.4 Å². The van der Waals surface area contributed by atoms with Gasteiger partial charge in [-0.2, -0.15) is 13.2 Å². The van der Waals surface area contributed by atoms with Crippen molar-refractivity contribution in [3.05, 3.63) is 60.1 Å². The summed E-state index contributed by atoms with van der Waals surface area (Å²) in [5.74, 6) is 0.706. The van der Waals surface area contributed by atoms with Crippen LogP contribution in [0.1, 0.15) is 17.4 Å². The molecule has 0 aliphatic carbocycles. The van der Waals surface area contributed by atoms with Gasteiger partial charge in [0.1, 0.15) is 12.4 Å².